The zero-order valence-electron chi connectivity index (χ0n) is 17.9. The molecule has 0 aliphatic carbocycles. The summed E-state index contributed by atoms with van der Waals surface area (Å²) >= 11 is 0. The monoisotopic (exact) mass is 475 g/mol. The van der Waals surface area contributed by atoms with Crippen LogP contribution in [0, 0.1) is 11.2 Å². The van der Waals surface area contributed by atoms with Gasteiger partial charge in [0.15, 0.2) is 9.84 Å². The lowest BCUT2D eigenvalue weighted by atomic mass is 9.80. The van der Waals surface area contributed by atoms with Crippen molar-refractivity contribution in [2.45, 2.75) is 56.2 Å². The zero-order chi connectivity index (χ0) is 23.7. The zero-order valence-corrected chi connectivity index (χ0v) is 18.7. The summed E-state index contributed by atoms with van der Waals surface area (Å²) < 4.78 is 93.1. The van der Waals surface area contributed by atoms with Gasteiger partial charge in [0.25, 0.3) is 6.43 Å². The average Bonchev–Trinajstić information content (AvgIpc) is 2.76. The Morgan fingerprint density at radius 1 is 1.00 bits per heavy atom. The largest absolute Gasteiger partial charge is 0.299 e. The van der Waals surface area contributed by atoms with Crippen LogP contribution in [-0.4, -0.2) is 32.8 Å². The van der Waals surface area contributed by atoms with Crippen LogP contribution >= 0.6 is 0 Å². The van der Waals surface area contributed by atoms with Crippen molar-refractivity contribution in [2.75, 3.05) is 13.1 Å². The summed E-state index contributed by atoms with van der Waals surface area (Å²) in [6.45, 7) is 3.78. The third-order valence-corrected chi connectivity index (χ3v) is 8.54. The first-order chi connectivity index (χ1) is 15.0. The third kappa shape index (κ3) is 4.98. The molecule has 1 heterocycles. The summed E-state index contributed by atoms with van der Waals surface area (Å²) in [5.74, 6) is -0.570. The van der Waals surface area contributed by atoms with Crippen molar-refractivity contribution in [1.29, 1.82) is 0 Å². The number of rotatable bonds is 7. The quantitative estimate of drug-likeness (QED) is 0.450. The van der Waals surface area contributed by atoms with Crippen LogP contribution in [0.15, 0.2) is 47.4 Å². The first kappa shape index (κ1) is 24.6. The van der Waals surface area contributed by atoms with Crippen molar-refractivity contribution in [2.24, 2.45) is 5.41 Å². The van der Waals surface area contributed by atoms with Gasteiger partial charge in [-0.1, -0.05) is 31.2 Å². The van der Waals surface area contributed by atoms with Crippen LogP contribution in [0.5, 0.6) is 0 Å². The molecule has 0 amide bonds. The van der Waals surface area contributed by atoms with Crippen LogP contribution in [0.4, 0.5) is 22.0 Å². The Kier molecular flexibility index (Phi) is 7.29. The molecule has 1 unspecified atom stereocenters. The molecule has 1 fully saturated rings. The van der Waals surface area contributed by atoms with Crippen molar-refractivity contribution < 1.29 is 30.4 Å². The van der Waals surface area contributed by atoms with Crippen LogP contribution in [0.3, 0.4) is 0 Å². The molecule has 0 radical (unpaired) electrons. The maximum atomic E-state index is 14.8. The lowest BCUT2D eigenvalue weighted by Crippen LogP contribution is -2.42. The fourth-order valence-corrected chi connectivity index (χ4v) is 5.44. The molecule has 0 aromatic heterocycles. The summed E-state index contributed by atoms with van der Waals surface area (Å²) in [6, 6.07) is 8.56. The van der Waals surface area contributed by atoms with E-state index in [1.54, 1.807) is 0 Å². The van der Waals surface area contributed by atoms with Gasteiger partial charge in [-0.05, 0) is 56.6 Å². The number of alkyl halides is 4. The summed E-state index contributed by atoms with van der Waals surface area (Å²) in [4.78, 5) is 1.72. The van der Waals surface area contributed by atoms with E-state index in [9.17, 15) is 30.4 Å². The number of nitrogens with zero attached hydrogens (tertiary/aromatic N) is 1. The van der Waals surface area contributed by atoms with Gasteiger partial charge in [-0.3, -0.25) is 4.90 Å². The van der Waals surface area contributed by atoms with Gasteiger partial charge < -0.3 is 0 Å². The van der Waals surface area contributed by atoms with Crippen molar-refractivity contribution in [3.05, 3.63) is 65.0 Å². The van der Waals surface area contributed by atoms with E-state index in [4.69, 9.17) is 0 Å². The Hall–Kier alpha value is -2.00. The summed E-state index contributed by atoms with van der Waals surface area (Å²) in [6.07, 6.45) is -4.62. The number of hydrogen-bond acceptors (Lipinski definition) is 3. The average molecular weight is 476 g/mol. The van der Waals surface area contributed by atoms with Crippen molar-refractivity contribution in [1.82, 2.24) is 4.90 Å². The lowest BCUT2D eigenvalue weighted by Gasteiger charge is -2.39. The number of hydrogen-bond donors (Lipinski definition) is 0. The molecule has 176 valence electrons. The lowest BCUT2D eigenvalue weighted by molar-refractivity contribution is -0.0366. The molecule has 1 aliphatic heterocycles. The first-order valence-corrected chi connectivity index (χ1v) is 11.9. The molecule has 0 N–H and O–H groups in total. The smallest absolute Gasteiger partial charge is 0.263 e. The molecule has 9 heteroatoms. The number of benzene rings is 2. The Labute approximate surface area is 185 Å². The summed E-state index contributed by atoms with van der Waals surface area (Å²) in [5.41, 5.74) is -0.891. The van der Waals surface area contributed by atoms with Gasteiger partial charge in [0.05, 0.1) is 10.1 Å². The fraction of sp³-hybridized carbons (Fsp3) is 0.478. The third-order valence-electron chi connectivity index (χ3n) is 6.43. The van der Waals surface area contributed by atoms with Crippen molar-refractivity contribution >= 4 is 9.84 Å². The minimum Gasteiger partial charge on any atom is -0.299 e. The Bertz CT molecular complexity index is 1030. The van der Waals surface area contributed by atoms with Crippen LogP contribution in [0.2, 0.25) is 0 Å². The highest BCUT2D eigenvalue weighted by Gasteiger charge is 2.38. The standard InChI is InChI=1S/C23H26F5NO2S/c1-15(32(30,31)17-8-6-16(7-9-17)21(25)26)18-4-3-5-20(24)19(18)14-29-12-10-23(2,11-13-29)22(27)28/h3-9,15,21-22H,10-14H2,1-2H3. The molecule has 0 bridgehead atoms. The van der Waals surface area contributed by atoms with E-state index >= 15 is 0 Å². The molecule has 1 atom stereocenters. The van der Waals surface area contributed by atoms with Crippen molar-refractivity contribution in [3.63, 3.8) is 0 Å². The van der Waals surface area contributed by atoms with Gasteiger partial charge in [0.2, 0.25) is 6.43 Å². The number of piperidine rings is 1. The molecule has 0 spiro atoms. The summed E-state index contributed by atoms with van der Waals surface area (Å²) in [5, 5.41) is -1.12. The second-order valence-electron chi connectivity index (χ2n) is 8.60. The van der Waals surface area contributed by atoms with E-state index in [1.807, 2.05) is 4.90 Å². The first-order valence-electron chi connectivity index (χ1n) is 10.4. The second-order valence-corrected chi connectivity index (χ2v) is 10.9. The van der Waals surface area contributed by atoms with E-state index in [2.05, 4.69) is 0 Å². The van der Waals surface area contributed by atoms with Crippen LogP contribution in [0.1, 0.15) is 55.1 Å². The molecular weight excluding hydrogens is 449 g/mol. The van der Waals surface area contributed by atoms with Gasteiger partial charge in [-0.2, -0.15) is 0 Å². The Balaban J connectivity index is 1.85. The number of sulfone groups is 1. The van der Waals surface area contributed by atoms with Crippen LogP contribution < -0.4 is 0 Å². The number of likely N-dealkylation sites (tertiary alicyclic amines) is 1. The topological polar surface area (TPSA) is 37.4 Å². The maximum Gasteiger partial charge on any atom is 0.263 e. The van der Waals surface area contributed by atoms with Crippen LogP contribution in [0.25, 0.3) is 0 Å². The SMILES string of the molecule is CC(c1cccc(F)c1CN1CCC(C)(C(F)F)CC1)S(=O)(=O)c1ccc(C(F)F)cc1. The molecule has 2 aromatic carbocycles. The van der Waals surface area contributed by atoms with E-state index in [1.165, 1.54) is 32.0 Å². The Morgan fingerprint density at radius 2 is 1.59 bits per heavy atom. The number of halogens is 5. The highest BCUT2D eigenvalue weighted by Crippen LogP contribution is 2.38. The van der Waals surface area contributed by atoms with Gasteiger partial charge in [-0.15, -0.1) is 0 Å². The van der Waals surface area contributed by atoms with E-state index in [0.29, 0.717) is 13.1 Å². The van der Waals surface area contributed by atoms with Crippen LogP contribution in [-0.2, 0) is 16.4 Å². The molecular formula is C23H26F5NO2S. The summed E-state index contributed by atoms with van der Waals surface area (Å²) in [7, 11) is -3.97. The fourth-order valence-electron chi connectivity index (χ4n) is 3.96. The van der Waals surface area contributed by atoms with Gasteiger partial charge in [0, 0.05) is 23.1 Å². The predicted octanol–water partition coefficient (Wildman–Crippen LogP) is 6.17. The van der Waals surface area contributed by atoms with Gasteiger partial charge in [0.1, 0.15) is 5.82 Å². The molecule has 1 saturated heterocycles. The van der Waals surface area contributed by atoms with Gasteiger partial charge in [-0.25, -0.2) is 30.4 Å². The molecule has 3 rings (SSSR count). The van der Waals surface area contributed by atoms with E-state index in [0.717, 1.165) is 24.3 Å². The minimum absolute atomic E-state index is 0.103. The van der Waals surface area contributed by atoms with E-state index in [-0.39, 0.29) is 41.0 Å². The molecule has 32 heavy (non-hydrogen) atoms. The Morgan fingerprint density at radius 3 is 2.12 bits per heavy atom. The van der Waals surface area contributed by atoms with Crippen molar-refractivity contribution in [3.8, 4) is 0 Å². The van der Waals surface area contributed by atoms with E-state index < -0.39 is 39.2 Å². The normalized spacial score (nSPS) is 18.3. The highest BCUT2D eigenvalue weighted by molar-refractivity contribution is 7.91. The maximum absolute atomic E-state index is 14.8. The molecule has 2 aromatic rings. The minimum atomic E-state index is -3.97. The molecule has 0 saturated carbocycles. The van der Waals surface area contributed by atoms with Gasteiger partial charge >= 0.3 is 0 Å². The highest BCUT2D eigenvalue weighted by atomic mass is 32.2. The predicted molar refractivity (Wildman–Crippen MR) is 112 cm³/mol. The molecule has 3 nitrogen and oxygen atoms in total. The molecule has 1 aliphatic rings. The second kappa shape index (κ2) is 9.47.